The summed E-state index contributed by atoms with van der Waals surface area (Å²) < 4.78 is 5.71. The van der Waals surface area contributed by atoms with Crippen molar-refractivity contribution in [2.75, 3.05) is 0 Å². The van der Waals surface area contributed by atoms with E-state index in [9.17, 15) is 15.0 Å². The maximum absolute atomic E-state index is 12.4. The lowest BCUT2D eigenvalue weighted by molar-refractivity contribution is 0.104. The molecule has 4 heteroatoms. The second kappa shape index (κ2) is 6.24. The molecule has 0 spiro atoms. The molecule has 1 atom stereocenters. The van der Waals surface area contributed by atoms with Crippen LogP contribution >= 0.6 is 0 Å². The summed E-state index contributed by atoms with van der Waals surface area (Å²) in [5.41, 5.74) is 2.56. The molecule has 2 N–H and O–H groups in total. The molecule has 2 aromatic carbocycles. The SMILES string of the molecule is C=C(C)C1Cc2c(ccc(C(=O)C=Cc3ccc(O)cc3)c2O)O1. The normalized spacial score (nSPS) is 16.0. The van der Waals surface area contributed by atoms with Crippen LogP contribution in [-0.4, -0.2) is 22.1 Å². The fraction of sp³-hybridized carbons (Fsp3) is 0.150. The Hall–Kier alpha value is -3.01. The molecule has 1 unspecified atom stereocenters. The Balaban J connectivity index is 1.83. The molecule has 0 aromatic heterocycles. The first-order valence-electron chi connectivity index (χ1n) is 7.64. The van der Waals surface area contributed by atoms with E-state index >= 15 is 0 Å². The highest BCUT2D eigenvalue weighted by molar-refractivity contribution is 6.09. The number of phenols is 2. The highest BCUT2D eigenvalue weighted by Crippen LogP contribution is 2.39. The van der Waals surface area contributed by atoms with Crippen LogP contribution in [0, 0.1) is 0 Å². The Morgan fingerprint density at radius 1 is 1.21 bits per heavy atom. The molecule has 1 heterocycles. The van der Waals surface area contributed by atoms with Gasteiger partial charge in [0, 0.05) is 12.0 Å². The van der Waals surface area contributed by atoms with Gasteiger partial charge in [0.25, 0.3) is 0 Å². The first-order chi connectivity index (χ1) is 11.5. The standard InChI is InChI=1S/C20H18O4/c1-12(2)19-11-16-18(24-19)10-8-15(20(16)23)17(22)9-5-13-3-6-14(21)7-4-13/h3-10,19,21,23H,1,11H2,2H3. The van der Waals surface area contributed by atoms with E-state index in [-0.39, 0.29) is 28.9 Å². The lowest BCUT2D eigenvalue weighted by atomic mass is 10.00. The van der Waals surface area contributed by atoms with Crippen molar-refractivity contribution in [2.45, 2.75) is 19.4 Å². The number of allylic oxidation sites excluding steroid dienone is 1. The average Bonchev–Trinajstić information content (AvgIpc) is 3.00. The number of hydrogen-bond donors (Lipinski definition) is 2. The van der Waals surface area contributed by atoms with Gasteiger partial charge in [-0.3, -0.25) is 4.79 Å². The van der Waals surface area contributed by atoms with Crippen molar-refractivity contribution in [3.8, 4) is 17.2 Å². The molecule has 0 saturated heterocycles. The Morgan fingerprint density at radius 2 is 1.92 bits per heavy atom. The number of carbonyl (C=O) groups is 1. The molecular weight excluding hydrogens is 304 g/mol. The summed E-state index contributed by atoms with van der Waals surface area (Å²) in [4.78, 5) is 12.4. The topological polar surface area (TPSA) is 66.8 Å². The van der Waals surface area contributed by atoms with Crippen LogP contribution < -0.4 is 4.74 Å². The van der Waals surface area contributed by atoms with Gasteiger partial charge in [-0.25, -0.2) is 0 Å². The van der Waals surface area contributed by atoms with E-state index in [1.165, 1.54) is 6.08 Å². The summed E-state index contributed by atoms with van der Waals surface area (Å²) in [6.45, 7) is 5.75. The van der Waals surface area contributed by atoms with Crippen LogP contribution in [0.15, 0.2) is 54.6 Å². The van der Waals surface area contributed by atoms with Crippen molar-refractivity contribution in [1.82, 2.24) is 0 Å². The number of rotatable bonds is 4. The van der Waals surface area contributed by atoms with Crippen LogP contribution in [0.25, 0.3) is 6.08 Å². The maximum atomic E-state index is 12.4. The quantitative estimate of drug-likeness (QED) is 0.509. The molecule has 4 nitrogen and oxygen atoms in total. The molecule has 2 aromatic rings. The average molecular weight is 322 g/mol. The van der Waals surface area contributed by atoms with Crippen LogP contribution in [0.2, 0.25) is 0 Å². The minimum absolute atomic E-state index is 0.0309. The summed E-state index contributed by atoms with van der Waals surface area (Å²) in [6, 6.07) is 9.77. The Kier molecular flexibility index (Phi) is 4.13. The molecule has 24 heavy (non-hydrogen) atoms. The zero-order chi connectivity index (χ0) is 17.3. The minimum atomic E-state index is -0.290. The predicted molar refractivity (Wildman–Crippen MR) is 92.5 cm³/mol. The van der Waals surface area contributed by atoms with Crippen LogP contribution in [0.5, 0.6) is 17.2 Å². The molecule has 0 radical (unpaired) electrons. The van der Waals surface area contributed by atoms with Crippen molar-refractivity contribution >= 4 is 11.9 Å². The van der Waals surface area contributed by atoms with Crippen molar-refractivity contribution in [2.24, 2.45) is 0 Å². The van der Waals surface area contributed by atoms with Gasteiger partial charge in [0.2, 0.25) is 0 Å². The third-order valence-electron chi connectivity index (χ3n) is 4.03. The number of benzene rings is 2. The largest absolute Gasteiger partial charge is 0.508 e. The van der Waals surface area contributed by atoms with E-state index in [4.69, 9.17) is 4.74 Å². The summed E-state index contributed by atoms with van der Waals surface area (Å²) >= 11 is 0. The van der Waals surface area contributed by atoms with Crippen molar-refractivity contribution in [1.29, 1.82) is 0 Å². The van der Waals surface area contributed by atoms with Crippen molar-refractivity contribution in [3.05, 3.63) is 71.3 Å². The lowest BCUT2D eigenvalue weighted by Crippen LogP contribution is -2.13. The predicted octanol–water partition coefficient (Wildman–Crippen LogP) is 3.87. The highest BCUT2D eigenvalue weighted by atomic mass is 16.5. The number of ketones is 1. The van der Waals surface area contributed by atoms with E-state index in [1.54, 1.807) is 42.5 Å². The lowest BCUT2D eigenvalue weighted by Gasteiger charge is -2.08. The first kappa shape index (κ1) is 15.9. The van der Waals surface area contributed by atoms with Crippen molar-refractivity contribution in [3.63, 3.8) is 0 Å². The van der Waals surface area contributed by atoms with E-state index in [0.717, 1.165) is 11.1 Å². The second-order valence-corrected chi connectivity index (χ2v) is 5.88. The minimum Gasteiger partial charge on any atom is -0.508 e. The number of fused-ring (bicyclic) bond motifs is 1. The van der Waals surface area contributed by atoms with Crippen LogP contribution in [-0.2, 0) is 6.42 Å². The molecule has 0 bridgehead atoms. The van der Waals surface area contributed by atoms with Gasteiger partial charge in [-0.1, -0.05) is 24.8 Å². The Labute approximate surface area is 140 Å². The summed E-state index contributed by atoms with van der Waals surface area (Å²) in [7, 11) is 0. The van der Waals surface area contributed by atoms with Gasteiger partial charge >= 0.3 is 0 Å². The number of hydrogen-bond acceptors (Lipinski definition) is 4. The van der Waals surface area contributed by atoms with E-state index < -0.39 is 0 Å². The molecule has 122 valence electrons. The van der Waals surface area contributed by atoms with E-state index in [2.05, 4.69) is 6.58 Å². The van der Waals surface area contributed by atoms with Gasteiger partial charge in [0.15, 0.2) is 5.78 Å². The maximum Gasteiger partial charge on any atom is 0.189 e. The number of phenolic OH excluding ortho intramolecular Hbond substituents is 2. The number of ether oxygens (including phenoxy) is 1. The van der Waals surface area contributed by atoms with Gasteiger partial charge in [0.1, 0.15) is 23.4 Å². The molecule has 0 saturated carbocycles. The Bertz CT molecular complexity index is 831. The smallest absolute Gasteiger partial charge is 0.189 e. The fourth-order valence-corrected chi connectivity index (χ4v) is 2.63. The fourth-order valence-electron chi connectivity index (χ4n) is 2.63. The monoisotopic (exact) mass is 322 g/mol. The molecule has 0 amide bonds. The van der Waals surface area contributed by atoms with Crippen LogP contribution in [0.3, 0.4) is 0 Å². The zero-order valence-corrected chi connectivity index (χ0v) is 13.3. The van der Waals surface area contributed by atoms with Gasteiger partial charge in [0.05, 0.1) is 5.56 Å². The zero-order valence-electron chi connectivity index (χ0n) is 13.3. The van der Waals surface area contributed by atoms with Crippen molar-refractivity contribution < 1.29 is 19.7 Å². The van der Waals surface area contributed by atoms with Gasteiger partial charge in [-0.15, -0.1) is 0 Å². The first-order valence-corrected chi connectivity index (χ1v) is 7.64. The van der Waals surface area contributed by atoms with Crippen LogP contribution in [0.1, 0.15) is 28.4 Å². The van der Waals surface area contributed by atoms with Crippen LogP contribution in [0.4, 0.5) is 0 Å². The summed E-state index contributed by atoms with van der Waals surface area (Å²) in [5.74, 6) is 0.445. The summed E-state index contributed by atoms with van der Waals surface area (Å²) in [5, 5.41) is 19.7. The van der Waals surface area contributed by atoms with E-state index in [0.29, 0.717) is 17.7 Å². The van der Waals surface area contributed by atoms with E-state index in [1.807, 2.05) is 6.92 Å². The molecule has 0 fully saturated rings. The molecule has 1 aliphatic rings. The molecule has 1 aliphatic heterocycles. The van der Waals surface area contributed by atoms with Gasteiger partial charge in [-0.2, -0.15) is 0 Å². The number of carbonyl (C=O) groups excluding carboxylic acids is 1. The Morgan fingerprint density at radius 3 is 2.58 bits per heavy atom. The number of aromatic hydroxyl groups is 2. The molecular formula is C20H18O4. The third kappa shape index (κ3) is 3.04. The molecule has 0 aliphatic carbocycles. The third-order valence-corrected chi connectivity index (χ3v) is 4.03. The highest BCUT2D eigenvalue weighted by Gasteiger charge is 2.28. The summed E-state index contributed by atoms with van der Waals surface area (Å²) in [6.07, 6.45) is 3.39. The van der Waals surface area contributed by atoms with Gasteiger partial charge in [-0.05, 0) is 48.4 Å². The van der Waals surface area contributed by atoms with Gasteiger partial charge < -0.3 is 14.9 Å². The molecule has 3 rings (SSSR count). The second-order valence-electron chi connectivity index (χ2n) is 5.88.